The number of hydrogen-bond donors (Lipinski definition) is 1. The van der Waals surface area contributed by atoms with Crippen LogP contribution in [0.1, 0.15) is 38.2 Å². The number of imide groups is 1. The molecule has 0 radical (unpaired) electrons. The van der Waals surface area contributed by atoms with E-state index in [4.69, 9.17) is 0 Å². The number of urea groups is 1. The molecule has 112 valence electrons. The first kappa shape index (κ1) is 14.0. The van der Waals surface area contributed by atoms with Crippen molar-refractivity contribution >= 4 is 11.9 Å². The Balaban J connectivity index is 1.76. The van der Waals surface area contributed by atoms with Gasteiger partial charge in [-0.3, -0.25) is 9.69 Å². The Kier molecular flexibility index (Phi) is 3.43. The Bertz CT molecular complexity index is 589. The average molecular weight is 290 g/mol. The molecule has 0 spiro atoms. The number of nitrogens with one attached hydrogen (secondary N) is 1. The Hall–Kier alpha value is -1.91. The zero-order chi connectivity index (χ0) is 15.1. The highest BCUT2D eigenvalue weighted by atomic mass is 19.1. The van der Waals surface area contributed by atoms with Gasteiger partial charge in [0.1, 0.15) is 11.9 Å². The Labute approximate surface area is 123 Å². The van der Waals surface area contributed by atoms with Gasteiger partial charge in [-0.05, 0) is 24.0 Å². The monoisotopic (exact) mass is 290 g/mol. The molecular formula is C16H19FN2O2. The Morgan fingerprint density at radius 3 is 2.76 bits per heavy atom. The second-order valence-corrected chi connectivity index (χ2v) is 5.95. The maximum atomic E-state index is 13.8. The van der Waals surface area contributed by atoms with Crippen LogP contribution in [-0.4, -0.2) is 28.9 Å². The van der Waals surface area contributed by atoms with Crippen molar-refractivity contribution in [1.82, 2.24) is 10.2 Å². The topological polar surface area (TPSA) is 49.4 Å². The second kappa shape index (κ2) is 5.13. The molecular weight excluding hydrogens is 271 g/mol. The summed E-state index contributed by atoms with van der Waals surface area (Å²) in [7, 11) is 0. The van der Waals surface area contributed by atoms with Crippen LogP contribution in [0.15, 0.2) is 24.3 Å². The predicted octanol–water partition coefficient (Wildman–Crippen LogP) is 2.65. The number of carbonyl (C=O) groups excluding carboxylic acids is 2. The number of carbonyl (C=O) groups is 2. The summed E-state index contributed by atoms with van der Waals surface area (Å²) in [5.74, 6) is -0.401. The van der Waals surface area contributed by atoms with Gasteiger partial charge in [0.05, 0.1) is 0 Å². The molecule has 0 bridgehead atoms. The first-order valence-corrected chi connectivity index (χ1v) is 7.42. The van der Waals surface area contributed by atoms with E-state index in [1.807, 2.05) is 13.8 Å². The lowest BCUT2D eigenvalue weighted by Crippen LogP contribution is -2.36. The van der Waals surface area contributed by atoms with Gasteiger partial charge in [-0.2, -0.15) is 0 Å². The second-order valence-electron chi connectivity index (χ2n) is 5.95. The number of amides is 3. The first-order valence-electron chi connectivity index (χ1n) is 7.42. The van der Waals surface area contributed by atoms with Gasteiger partial charge < -0.3 is 5.32 Å². The van der Waals surface area contributed by atoms with E-state index in [2.05, 4.69) is 5.32 Å². The molecule has 2 fully saturated rings. The quantitative estimate of drug-likeness (QED) is 0.867. The number of hydrogen-bond acceptors (Lipinski definition) is 2. The number of nitrogens with zero attached hydrogens (tertiary/aromatic N) is 1. The van der Waals surface area contributed by atoms with E-state index < -0.39 is 6.04 Å². The highest BCUT2D eigenvalue weighted by Gasteiger charge is 2.53. The van der Waals surface area contributed by atoms with Gasteiger partial charge in [0.15, 0.2) is 0 Å². The third-order valence-electron chi connectivity index (χ3n) is 4.61. The minimum Gasteiger partial charge on any atom is -0.326 e. The van der Waals surface area contributed by atoms with E-state index in [9.17, 15) is 14.0 Å². The summed E-state index contributed by atoms with van der Waals surface area (Å²) in [6.45, 7) is 3.94. The van der Waals surface area contributed by atoms with Crippen molar-refractivity contribution in [2.45, 2.75) is 44.7 Å². The summed E-state index contributed by atoms with van der Waals surface area (Å²) in [6, 6.07) is 5.58. The maximum Gasteiger partial charge on any atom is 0.325 e. The molecule has 1 saturated carbocycles. The van der Waals surface area contributed by atoms with Gasteiger partial charge in [-0.15, -0.1) is 0 Å². The van der Waals surface area contributed by atoms with E-state index >= 15 is 0 Å². The normalized spacial score (nSPS) is 29.5. The van der Waals surface area contributed by atoms with Crippen molar-refractivity contribution in [2.24, 2.45) is 5.92 Å². The minimum absolute atomic E-state index is 0.0726. The molecule has 1 heterocycles. The molecule has 1 aliphatic heterocycles. The zero-order valence-corrected chi connectivity index (χ0v) is 12.2. The third kappa shape index (κ3) is 2.30. The summed E-state index contributed by atoms with van der Waals surface area (Å²) in [4.78, 5) is 25.8. The predicted molar refractivity (Wildman–Crippen MR) is 76.2 cm³/mol. The molecule has 3 amide bonds. The van der Waals surface area contributed by atoms with Gasteiger partial charge in [-0.1, -0.05) is 38.5 Å². The van der Waals surface area contributed by atoms with Crippen molar-refractivity contribution in [1.29, 1.82) is 0 Å². The zero-order valence-electron chi connectivity index (χ0n) is 12.2. The van der Waals surface area contributed by atoms with Crippen LogP contribution in [0.3, 0.4) is 0 Å². The molecule has 1 aliphatic carbocycles. The van der Waals surface area contributed by atoms with Crippen LogP contribution in [-0.2, 0) is 4.79 Å². The molecule has 4 atom stereocenters. The Morgan fingerprint density at radius 2 is 2.10 bits per heavy atom. The van der Waals surface area contributed by atoms with Gasteiger partial charge in [0.2, 0.25) is 0 Å². The fourth-order valence-electron chi connectivity index (χ4n) is 3.03. The highest BCUT2D eigenvalue weighted by Crippen LogP contribution is 2.46. The van der Waals surface area contributed by atoms with Gasteiger partial charge >= 0.3 is 6.03 Å². The van der Waals surface area contributed by atoms with Crippen molar-refractivity contribution in [3.05, 3.63) is 35.6 Å². The van der Waals surface area contributed by atoms with Crippen LogP contribution in [0.2, 0.25) is 0 Å². The largest absolute Gasteiger partial charge is 0.326 e. The van der Waals surface area contributed by atoms with Crippen molar-refractivity contribution < 1.29 is 14.0 Å². The molecule has 1 N–H and O–H groups in total. The van der Waals surface area contributed by atoms with E-state index in [0.29, 0.717) is 12.0 Å². The SMILES string of the molecule is CC[C@H](C)[C@@H]1NC(=O)N([C@@H]2C[C@H]2c2ccccc2F)C1=O. The lowest BCUT2D eigenvalue weighted by atomic mass is 9.99. The average Bonchev–Trinajstić information content (AvgIpc) is 3.18. The fraction of sp³-hybridized carbons (Fsp3) is 0.500. The van der Waals surface area contributed by atoms with Crippen molar-refractivity contribution in [2.75, 3.05) is 0 Å². The molecule has 1 aromatic carbocycles. The summed E-state index contributed by atoms with van der Waals surface area (Å²) in [5.41, 5.74) is 0.593. The lowest BCUT2D eigenvalue weighted by molar-refractivity contribution is -0.128. The first-order chi connectivity index (χ1) is 10.0. The maximum absolute atomic E-state index is 13.8. The van der Waals surface area contributed by atoms with Crippen LogP contribution in [0.5, 0.6) is 0 Å². The molecule has 1 aromatic rings. The molecule has 4 nitrogen and oxygen atoms in total. The van der Waals surface area contributed by atoms with Crippen LogP contribution in [0.4, 0.5) is 9.18 Å². The van der Waals surface area contributed by atoms with Crippen LogP contribution in [0.25, 0.3) is 0 Å². The number of benzene rings is 1. The van der Waals surface area contributed by atoms with Crippen LogP contribution >= 0.6 is 0 Å². The van der Waals surface area contributed by atoms with E-state index in [-0.39, 0.29) is 35.6 Å². The highest BCUT2D eigenvalue weighted by molar-refractivity contribution is 6.05. The number of rotatable bonds is 4. The van der Waals surface area contributed by atoms with E-state index in [1.54, 1.807) is 18.2 Å². The molecule has 2 aliphatic rings. The molecule has 5 heteroatoms. The van der Waals surface area contributed by atoms with Crippen LogP contribution in [0, 0.1) is 11.7 Å². The summed E-state index contributed by atoms with van der Waals surface area (Å²) >= 11 is 0. The summed E-state index contributed by atoms with van der Waals surface area (Å²) in [6.07, 6.45) is 1.47. The lowest BCUT2D eigenvalue weighted by Gasteiger charge is -2.16. The third-order valence-corrected chi connectivity index (χ3v) is 4.61. The molecule has 0 aromatic heterocycles. The molecule has 1 saturated heterocycles. The van der Waals surface area contributed by atoms with Crippen molar-refractivity contribution in [3.8, 4) is 0 Å². The molecule has 3 rings (SSSR count). The fourth-order valence-corrected chi connectivity index (χ4v) is 3.03. The summed E-state index contributed by atoms with van der Waals surface area (Å²) < 4.78 is 13.8. The Morgan fingerprint density at radius 1 is 1.38 bits per heavy atom. The van der Waals surface area contributed by atoms with Crippen LogP contribution < -0.4 is 5.32 Å². The van der Waals surface area contributed by atoms with Crippen molar-refractivity contribution in [3.63, 3.8) is 0 Å². The van der Waals surface area contributed by atoms with Gasteiger partial charge in [0.25, 0.3) is 5.91 Å². The number of halogens is 1. The summed E-state index contributed by atoms with van der Waals surface area (Å²) in [5, 5.41) is 2.76. The minimum atomic E-state index is -0.440. The molecule has 0 unspecified atom stereocenters. The van der Waals surface area contributed by atoms with E-state index in [1.165, 1.54) is 11.0 Å². The smallest absolute Gasteiger partial charge is 0.325 e. The van der Waals surface area contributed by atoms with Gasteiger partial charge in [-0.25, -0.2) is 9.18 Å². The standard InChI is InChI=1S/C16H19FN2O2/c1-3-9(2)14-15(20)19(16(21)18-14)13-8-11(13)10-6-4-5-7-12(10)17/h4-7,9,11,13-14H,3,8H2,1-2H3,(H,18,21)/t9-,11-,13+,14-/m0/s1. The van der Waals surface area contributed by atoms with E-state index in [0.717, 1.165) is 6.42 Å². The van der Waals surface area contributed by atoms with Gasteiger partial charge in [0, 0.05) is 12.0 Å². The molecule has 21 heavy (non-hydrogen) atoms.